The van der Waals surface area contributed by atoms with Gasteiger partial charge in [-0.2, -0.15) is 0 Å². The van der Waals surface area contributed by atoms with Crippen molar-refractivity contribution < 1.29 is 4.74 Å². The molecule has 2 nitrogen and oxygen atoms in total. The topological polar surface area (TPSA) is 35.2 Å². The number of hydrogen-bond donors (Lipinski definition) is 1. The highest BCUT2D eigenvalue weighted by molar-refractivity contribution is 5.24. The van der Waals surface area contributed by atoms with Gasteiger partial charge in [-0.05, 0) is 12.1 Å². The van der Waals surface area contributed by atoms with Crippen LogP contribution in [0.3, 0.4) is 0 Å². The lowest BCUT2D eigenvalue weighted by Gasteiger charge is -2.61. The fraction of sp³-hybridized carbons (Fsp3) is 0.571. The van der Waals surface area contributed by atoms with Gasteiger partial charge in [0.2, 0.25) is 0 Å². The van der Waals surface area contributed by atoms with E-state index >= 15 is 0 Å². The van der Waals surface area contributed by atoms with Gasteiger partial charge >= 0.3 is 0 Å². The summed E-state index contributed by atoms with van der Waals surface area (Å²) in [5.41, 5.74) is 6.28. The van der Waals surface area contributed by atoms with Crippen LogP contribution in [0.15, 0.2) is 30.3 Å². The fourth-order valence-electron chi connectivity index (χ4n) is 3.09. The van der Waals surface area contributed by atoms with Crippen LogP contribution in [0, 0.1) is 10.8 Å². The second-order valence-corrected chi connectivity index (χ2v) is 5.93. The number of nitrogens with two attached hydrogens (primary N) is 1. The molecule has 0 heterocycles. The summed E-state index contributed by atoms with van der Waals surface area (Å²) in [6.45, 7) is 8.71. The first-order valence-electron chi connectivity index (χ1n) is 5.84. The van der Waals surface area contributed by atoms with Gasteiger partial charge in [0.15, 0.2) is 0 Å². The molecule has 0 radical (unpaired) electrons. The highest BCUT2D eigenvalue weighted by Gasteiger charge is 2.61. The lowest BCUT2D eigenvalue weighted by molar-refractivity contribution is -0.155. The molecule has 1 aromatic rings. The van der Waals surface area contributed by atoms with Gasteiger partial charge in [0.1, 0.15) is 11.9 Å². The summed E-state index contributed by atoms with van der Waals surface area (Å²) in [5.74, 6) is 0.931. The van der Waals surface area contributed by atoms with Crippen molar-refractivity contribution in [2.45, 2.75) is 39.8 Å². The van der Waals surface area contributed by atoms with Gasteiger partial charge in [0.05, 0.1) is 0 Å². The van der Waals surface area contributed by atoms with E-state index in [4.69, 9.17) is 10.5 Å². The molecule has 2 heteroatoms. The summed E-state index contributed by atoms with van der Waals surface area (Å²) in [7, 11) is 0. The Morgan fingerprint density at radius 1 is 1.00 bits per heavy atom. The fourth-order valence-corrected chi connectivity index (χ4v) is 3.09. The monoisotopic (exact) mass is 219 g/mol. The molecule has 0 saturated heterocycles. The first-order valence-corrected chi connectivity index (χ1v) is 5.84. The molecule has 0 aromatic heterocycles. The summed E-state index contributed by atoms with van der Waals surface area (Å²) in [6, 6.07) is 10.2. The van der Waals surface area contributed by atoms with Crippen molar-refractivity contribution in [3.8, 4) is 5.75 Å². The second-order valence-electron chi connectivity index (χ2n) is 5.93. The third-order valence-electron chi connectivity index (χ3n) is 3.95. The molecule has 1 aliphatic carbocycles. The Morgan fingerprint density at radius 3 is 2.00 bits per heavy atom. The predicted molar refractivity (Wildman–Crippen MR) is 66.4 cm³/mol. The van der Waals surface area contributed by atoms with E-state index in [1.54, 1.807) is 0 Å². The zero-order valence-electron chi connectivity index (χ0n) is 10.5. The molecule has 0 amide bonds. The van der Waals surface area contributed by atoms with Crippen LogP contribution in [-0.4, -0.2) is 12.1 Å². The normalized spacial score (nSPS) is 30.6. The number of hydrogen-bond acceptors (Lipinski definition) is 2. The molecule has 1 saturated carbocycles. The van der Waals surface area contributed by atoms with Gasteiger partial charge in [-0.1, -0.05) is 45.9 Å². The van der Waals surface area contributed by atoms with Crippen molar-refractivity contribution in [3.63, 3.8) is 0 Å². The zero-order chi connectivity index (χ0) is 12.0. The molecular weight excluding hydrogens is 198 g/mol. The van der Waals surface area contributed by atoms with Gasteiger partial charge in [-0.15, -0.1) is 0 Å². The largest absolute Gasteiger partial charge is 0.489 e. The minimum atomic E-state index is 0.0410. The van der Waals surface area contributed by atoms with Crippen LogP contribution in [0.5, 0.6) is 5.75 Å². The predicted octanol–water partition coefficient (Wildman–Crippen LogP) is 2.83. The SMILES string of the molecule is CC1(C)[C@H](N)C(C)(C)[C@H]1Oc1ccccc1. The number of rotatable bonds is 2. The van der Waals surface area contributed by atoms with Crippen LogP contribution in [-0.2, 0) is 0 Å². The maximum atomic E-state index is 6.20. The van der Waals surface area contributed by atoms with Crippen LogP contribution >= 0.6 is 0 Å². The summed E-state index contributed by atoms with van der Waals surface area (Å²) >= 11 is 0. The van der Waals surface area contributed by atoms with E-state index in [0.29, 0.717) is 0 Å². The van der Waals surface area contributed by atoms with E-state index in [0.717, 1.165) is 5.75 Å². The van der Waals surface area contributed by atoms with E-state index in [2.05, 4.69) is 27.7 Å². The quantitative estimate of drug-likeness (QED) is 0.830. The number of benzene rings is 1. The van der Waals surface area contributed by atoms with Crippen LogP contribution in [0.2, 0.25) is 0 Å². The smallest absolute Gasteiger partial charge is 0.119 e. The first-order chi connectivity index (χ1) is 7.37. The molecule has 1 aromatic carbocycles. The molecule has 88 valence electrons. The Morgan fingerprint density at radius 2 is 1.50 bits per heavy atom. The van der Waals surface area contributed by atoms with Gasteiger partial charge in [0, 0.05) is 16.9 Å². The molecule has 0 unspecified atom stereocenters. The summed E-state index contributed by atoms with van der Waals surface area (Å²) in [4.78, 5) is 0. The molecule has 0 spiro atoms. The summed E-state index contributed by atoms with van der Waals surface area (Å²) in [5, 5.41) is 0. The van der Waals surface area contributed by atoms with Crippen molar-refractivity contribution in [3.05, 3.63) is 30.3 Å². The molecule has 0 atom stereocenters. The minimum absolute atomic E-state index is 0.0410. The Balaban J connectivity index is 2.17. The van der Waals surface area contributed by atoms with Crippen molar-refractivity contribution in [2.24, 2.45) is 16.6 Å². The maximum absolute atomic E-state index is 6.20. The van der Waals surface area contributed by atoms with Crippen molar-refractivity contribution in [1.29, 1.82) is 0 Å². The molecular formula is C14H21NO. The third kappa shape index (κ3) is 1.52. The highest BCUT2D eigenvalue weighted by atomic mass is 16.5. The summed E-state index contributed by atoms with van der Waals surface area (Å²) < 4.78 is 6.07. The Labute approximate surface area is 97.8 Å². The van der Waals surface area contributed by atoms with Crippen molar-refractivity contribution in [1.82, 2.24) is 0 Å². The molecule has 16 heavy (non-hydrogen) atoms. The second kappa shape index (κ2) is 3.49. The molecule has 1 aliphatic rings. The molecule has 1 fully saturated rings. The van der Waals surface area contributed by atoms with Crippen LogP contribution in [0.1, 0.15) is 27.7 Å². The van der Waals surface area contributed by atoms with E-state index in [9.17, 15) is 0 Å². The van der Waals surface area contributed by atoms with Crippen LogP contribution in [0.25, 0.3) is 0 Å². The Hall–Kier alpha value is -1.02. The number of para-hydroxylation sites is 1. The van der Waals surface area contributed by atoms with Gasteiger partial charge < -0.3 is 10.5 Å². The van der Waals surface area contributed by atoms with Crippen molar-refractivity contribution >= 4 is 0 Å². The Kier molecular flexibility index (Phi) is 2.50. The summed E-state index contributed by atoms with van der Waals surface area (Å²) in [6.07, 6.45) is 0.178. The molecule has 2 rings (SSSR count). The zero-order valence-corrected chi connectivity index (χ0v) is 10.5. The van der Waals surface area contributed by atoms with E-state index in [1.165, 1.54) is 0 Å². The lowest BCUT2D eigenvalue weighted by Crippen LogP contribution is -2.72. The number of ether oxygens (including phenoxy) is 1. The maximum Gasteiger partial charge on any atom is 0.119 e. The standard InChI is InChI=1S/C14H21NO/c1-13(2)11(15)14(3,4)12(13)16-10-8-6-5-7-9-10/h5-9,11-12H,15H2,1-4H3/t11-,12-. The van der Waals surface area contributed by atoms with Crippen molar-refractivity contribution in [2.75, 3.05) is 0 Å². The van der Waals surface area contributed by atoms with E-state index in [-0.39, 0.29) is 23.0 Å². The van der Waals surface area contributed by atoms with Gasteiger partial charge in [-0.25, -0.2) is 0 Å². The molecule has 0 aliphatic heterocycles. The van der Waals surface area contributed by atoms with Gasteiger partial charge in [-0.3, -0.25) is 0 Å². The van der Waals surface area contributed by atoms with E-state index in [1.807, 2.05) is 30.3 Å². The molecule has 0 bridgehead atoms. The lowest BCUT2D eigenvalue weighted by atomic mass is 9.50. The van der Waals surface area contributed by atoms with Gasteiger partial charge in [0.25, 0.3) is 0 Å². The third-order valence-corrected chi connectivity index (χ3v) is 3.95. The average molecular weight is 219 g/mol. The highest BCUT2D eigenvalue weighted by Crippen LogP contribution is 2.54. The molecule has 2 N–H and O–H groups in total. The Bertz CT molecular complexity index is 354. The first kappa shape index (κ1) is 11.5. The average Bonchev–Trinajstić information content (AvgIpc) is 2.26. The van der Waals surface area contributed by atoms with Crippen LogP contribution < -0.4 is 10.5 Å². The van der Waals surface area contributed by atoms with E-state index < -0.39 is 0 Å². The van der Waals surface area contributed by atoms with Crippen LogP contribution in [0.4, 0.5) is 0 Å². The minimum Gasteiger partial charge on any atom is -0.489 e.